The van der Waals surface area contributed by atoms with E-state index in [1.165, 1.54) is 23.1 Å². The van der Waals surface area contributed by atoms with Crippen LogP contribution in [0.15, 0.2) is 36.4 Å². The molecule has 1 nitrogen and oxygen atoms in total. The van der Waals surface area contributed by atoms with E-state index in [1.807, 2.05) is 19.9 Å². The van der Waals surface area contributed by atoms with Crippen LogP contribution in [0.4, 0.5) is 18.9 Å². The molecule has 1 aliphatic heterocycles. The molecule has 0 amide bonds. The van der Waals surface area contributed by atoms with Crippen LogP contribution in [0.2, 0.25) is 10.0 Å². The van der Waals surface area contributed by atoms with Crippen molar-refractivity contribution in [3.05, 3.63) is 63.1 Å². The van der Waals surface area contributed by atoms with Crippen LogP contribution in [0.25, 0.3) is 0 Å². The first-order valence-electron chi connectivity index (χ1n) is 7.03. The van der Waals surface area contributed by atoms with Gasteiger partial charge in [-0.2, -0.15) is 13.2 Å². The lowest BCUT2D eigenvalue weighted by Gasteiger charge is -2.23. The highest BCUT2D eigenvalue weighted by Crippen LogP contribution is 2.57. The summed E-state index contributed by atoms with van der Waals surface area (Å²) in [6.07, 6.45) is -4.43. The Morgan fingerprint density at radius 3 is 2.09 bits per heavy atom. The second-order valence-corrected chi connectivity index (χ2v) is 6.74. The van der Waals surface area contributed by atoms with Crippen molar-refractivity contribution < 1.29 is 13.2 Å². The number of hydrogen-bond acceptors (Lipinski definition) is 1. The minimum Gasteiger partial charge on any atom is -0.349 e. The van der Waals surface area contributed by atoms with Crippen LogP contribution in [-0.4, -0.2) is 12.7 Å². The standard InChI is InChI=1S/C17H14Cl2F3N/c1-10-3-4-15(5-11(10)2)23-9-16(23,17(20,21)22)12-6-13(18)8-14(19)7-12/h3-8H,9H2,1-2H3. The van der Waals surface area contributed by atoms with Gasteiger partial charge in [0.05, 0.1) is 6.54 Å². The molecule has 122 valence electrons. The molecule has 1 saturated heterocycles. The highest BCUT2D eigenvalue weighted by Gasteiger charge is 2.71. The molecule has 1 atom stereocenters. The summed E-state index contributed by atoms with van der Waals surface area (Å²) in [6, 6.07) is 9.41. The number of benzene rings is 2. The van der Waals surface area contributed by atoms with E-state index >= 15 is 0 Å². The lowest BCUT2D eigenvalue weighted by atomic mass is 9.98. The van der Waals surface area contributed by atoms with Gasteiger partial charge in [0, 0.05) is 15.7 Å². The number of alkyl halides is 3. The molecule has 0 aliphatic carbocycles. The topological polar surface area (TPSA) is 3.01 Å². The van der Waals surface area contributed by atoms with E-state index in [9.17, 15) is 13.2 Å². The fraction of sp³-hybridized carbons (Fsp3) is 0.294. The number of nitrogens with zero attached hydrogens (tertiary/aromatic N) is 1. The van der Waals surface area contributed by atoms with Crippen molar-refractivity contribution in [2.75, 3.05) is 11.4 Å². The molecule has 1 unspecified atom stereocenters. The summed E-state index contributed by atoms with van der Waals surface area (Å²) in [5.41, 5.74) is 0.541. The molecule has 0 radical (unpaired) electrons. The van der Waals surface area contributed by atoms with E-state index in [4.69, 9.17) is 23.2 Å². The van der Waals surface area contributed by atoms with E-state index < -0.39 is 11.7 Å². The minimum absolute atomic E-state index is 0.0701. The van der Waals surface area contributed by atoms with Crippen LogP contribution in [0.3, 0.4) is 0 Å². The largest absolute Gasteiger partial charge is 0.417 e. The average molecular weight is 360 g/mol. The van der Waals surface area contributed by atoms with Gasteiger partial charge in [-0.15, -0.1) is 0 Å². The third kappa shape index (κ3) is 2.68. The van der Waals surface area contributed by atoms with E-state index in [0.717, 1.165) is 11.1 Å². The first-order valence-corrected chi connectivity index (χ1v) is 7.79. The van der Waals surface area contributed by atoms with Gasteiger partial charge in [-0.3, -0.25) is 0 Å². The summed E-state index contributed by atoms with van der Waals surface area (Å²) in [7, 11) is 0. The molecule has 1 fully saturated rings. The molecular formula is C17H14Cl2F3N. The molecule has 0 bridgehead atoms. The van der Waals surface area contributed by atoms with Crippen LogP contribution in [0.5, 0.6) is 0 Å². The maximum absolute atomic E-state index is 13.8. The number of hydrogen-bond donors (Lipinski definition) is 0. The predicted octanol–water partition coefficient (Wildman–Crippen LogP) is 5.89. The lowest BCUT2D eigenvalue weighted by Crippen LogP contribution is -2.34. The summed E-state index contributed by atoms with van der Waals surface area (Å²) < 4.78 is 41.5. The van der Waals surface area contributed by atoms with Gasteiger partial charge >= 0.3 is 6.18 Å². The molecule has 0 spiro atoms. The van der Waals surface area contributed by atoms with Crippen LogP contribution in [-0.2, 0) is 5.54 Å². The Balaban J connectivity index is 2.09. The van der Waals surface area contributed by atoms with Crippen LogP contribution >= 0.6 is 23.2 Å². The van der Waals surface area contributed by atoms with Crippen molar-refractivity contribution in [2.24, 2.45) is 0 Å². The molecule has 2 aromatic carbocycles. The first kappa shape index (κ1) is 16.5. The summed E-state index contributed by atoms with van der Waals surface area (Å²) in [4.78, 5) is 1.33. The Kier molecular flexibility index (Phi) is 3.81. The first-order chi connectivity index (χ1) is 10.6. The fourth-order valence-electron chi connectivity index (χ4n) is 2.84. The van der Waals surface area contributed by atoms with Gasteiger partial charge in [-0.25, -0.2) is 0 Å². The third-order valence-corrected chi connectivity index (χ3v) is 4.79. The van der Waals surface area contributed by atoms with Gasteiger partial charge in [0.2, 0.25) is 0 Å². The fourth-order valence-corrected chi connectivity index (χ4v) is 3.37. The second kappa shape index (κ2) is 5.32. The van der Waals surface area contributed by atoms with Crippen molar-refractivity contribution in [3.8, 4) is 0 Å². The Hall–Kier alpha value is -1.39. The Labute approximate surface area is 142 Å². The van der Waals surface area contributed by atoms with Gasteiger partial charge in [0.1, 0.15) is 0 Å². The normalized spacial score (nSPS) is 20.7. The van der Waals surface area contributed by atoms with Crippen LogP contribution in [0, 0.1) is 13.8 Å². The molecule has 1 heterocycles. The van der Waals surface area contributed by atoms with Crippen molar-refractivity contribution in [1.29, 1.82) is 0 Å². The number of anilines is 1. The van der Waals surface area contributed by atoms with E-state index in [2.05, 4.69) is 0 Å². The Bertz CT molecular complexity index is 753. The molecule has 0 aromatic heterocycles. The average Bonchev–Trinajstić information content (AvgIpc) is 3.17. The van der Waals surface area contributed by atoms with Crippen molar-refractivity contribution >= 4 is 28.9 Å². The second-order valence-electron chi connectivity index (χ2n) is 5.87. The summed E-state index contributed by atoms with van der Waals surface area (Å²) in [6.45, 7) is 3.67. The smallest absolute Gasteiger partial charge is 0.349 e. The Morgan fingerprint density at radius 2 is 1.57 bits per heavy atom. The van der Waals surface area contributed by atoms with E-state index in [1.54, 1.807) is 12.1 Å². The highest BCUT2D eigenvalue weighted by molar-refractivity contribution is 6.34. The maximum atomic E-state index is 13.8. The predicted molar refractivity (Wildman–Crippen MR) is 87.5 cm³/mol. The van der Waals surface area contributed by atoms with E-state index in [-0.39, 0.29) is 22.2 Å². The molecular weight excluding hydrogens is 346 g/mol. The summed E-state index contributed by atoms with van der Waals surface area (Å²) >= 11 is 11.8. The SMILES string of the molecule is Cc1ccc(N2CC2(c2cc(Cl)cc(Cl)c2)C(F)(F)F)cc1C. The zero-order chi connectivity index (χ0) is 17.0. The molecule has 1 aliphatic rings. The van der Waals surface area contributed by atoms with Crippen molar-refractivity contribution in [3.63, 3.8) is 0 Å². The maximum Gasteiger partial charge on any atom is 0.417 e. The van der Waals surface area contributed by atoms with Gasteiger partial charge < -0.3 is 4.90 Å². The highest BCUT2D eigenvalue weighted by atomic mass is 35.5. The minimum atomic E-state index is -4.43. The molecule has 0 N–H and O–H groups in total. The monoisotopic (exact) mass is 359 g/mol. The van der Waals surface area contributed by atoms with Gasteiger partial charge in [-0.1, -0.05) is 29.3 Å². The Morgan fingerprint density at radius 1 is 0.957 bits per heavy atom. The van der Waals surface area contributed by atoms with Gasteiger partial charge in [0.25, 0.3) is 0 Å². The quantitative estimate of drug-likeness (QED) is 0.604. The summed E-state index contributed by atoms with van der Waals surface area (Å²) in [5.74, 6) is 0. The molecule has 2 aromatic rings. The molecule has 3 rings (SSSR count). The lowest BCUT2D eigenvalue weighted by molar-refractivity contribution is -0.158. The van der Waals surface area contributed by atoms with Crippen LogP contribution < -0.4 is 4.90 Å². The van der Waals surface area contributed by atoms with Crippen molar-refractivity contribution in [2.45, 2.75) is 25.6 Å². The van der Waals surface area contributed by atoms with Crippen LogP contribution in [0.1, 0.15) is 16.7 Å². The van der Waals surface area contributed by atoms with Crippen molar-refractivity contribution in [1.82, 2.24) is 0 Å². The summed E-state index contributed by atoms with van der Waals surface area (Å²) in [5, 5.41) is 0.395. The molecule has 6 heteroatoms. The van der Waals surface area contributed by atoms with Gasteiger partial charge in [-0.05, 0) is 60.9 Å². The molecule has 23 heavy (non-hydrogen) atoms. The zero-order valence-corrected chi connectivity index (χ0v) is 14.0. The van der Waals surface area contributed by atoms with Gasteiger partial charge in [0.15, 0.2) is 5.54 Å². The number of halogens is 5. The number of rotatable bonds is 2. The number of aryl methyl sites for hydroxylation is 2. The zero-order valence-electron chi connectivity index (χ0n) is 12.5. The van der Waals surface area contributed by atoms with E-state index in [0.29, 0.717) is 5.69 Å². The molecule has 0 saturated carbocycles. The third-order valence-electron chi connectivity index (χ3n) is 4.36.